The van der Waals surface area contributed by atoms with Gasteiger partial charge in [0.05, 0.1) is 4.90 Å². The van der Waals surface area contributed by atoms with E-state index in [0.29, 0.717) is 37.5 Å². The van der Waals surface area contributed by atoms with Gasteiger partial charge in [0, 0.05) is 43.5 Å². The second kappa shape index (κ2) is 6.95. The number of nitrogens with zero attached hydrogens (tertiary/aromatic N) is 6. The van der Waals surface area contributed by atoms with Crippen LogP contribution in [0.2, 0.25) is 0 Å². The van der Waals surface area contributed by atoms with E-state index in [2.05, 4.69) is 20.0 Å². The van der Waals surface area contributed by atoms with Gasteiger partial charge in [-0.15, -0.1) is 0 Å². The van der Waals surface area contributed by atoms with E-state index < -0.39 is 10.0 Å². The van der Waals surface area contributed by atoms with Crippen molar-refractivity contribution in [2.45, 2.75) is 18.7 Å². The fourth-order valence-electron chi connectivity index (χ4n) is 3.32. The van der Waals surface area contributed by atoms with Crippen LogP contribution < -0.4 is 4.90 Å². The molecule has 10 heteroatoms. The van der Waals surface area contributed by atoms with E-state index in [1.807, 2.05) is 13.0 Å². The predicted molar refractivity (Wildman–Crippen MR) is 103 cm³/mol. The number of piperazine rings is 1. The maximum atomic E-state index is 13.0. The van der Waals surface area contributed by atoms with Gasteiger partial charge < -0.3 is 4.90 Å². The van der Waals surface area contributed by atoms with Crippen LogP contribution in [-0.4, -0.2) is 64.3 Å². The Balaban J connectivity index is 1.56. The van der Waals surface area contributed by atoms with Crippen molar-refractivity contribution in [2.24, 2.45) is 0 Å². The first-order valence-corrected chi connectivity index (χ1v) is 10.3. The number of carbonyl (C=O) groups excluding carboxylic acids is 1. The molecular formula is C18H20N6O3S. The molecule has 0 aliphatic carbocycles. The van der Waals surface area contributed by atoms with Crippen LogP contribution in [0.1, 0.15) is 23.0 Å². The summed E-state index contributed by atoms with van der Waals surface area (Å²) in [6.45, 7) is 5.02. The summed E-state index contributed by atoms with van der Waals surface area (Å²) in [6, 6.07) is 8.10. The molecule has 1 fully saturated rings. The first-order chi connectivity index (χ1) is 13.4. The zero-order valence-electron chi connectivity index (χ0n) is 15.6. The molecule has 0 radical (unpaired) electrons. The number of hydrogen-bond donors (Lipinski definition) is 0. The molecule has 1 aliphatic rings. The average molecular weight is 400 g/mol. The van der Waals surface area contributed by atoms with Gasteiger partial charge in [0.25, 0.3) is 5.78 Å². The van der Waals surface area contributed by atoms with Crippen molar-refractivity contribution in [1.82, 2.24) is 23.9 Å². The molecule has 1 aliphatic heterocycles. The van der Waals surface area contributed by atoms with Crippen molar-refractivity contribution < 1.29 is 13.2 Å². The maximum absolute atomic E-state index is 13.0. The van der Waals surface area contributed by atoms with Crippen LogP contribution in [0.3, 0.4) is 0 Å². The van der Waals surface area contributed by atoms with Gasteiger partial charge in [-0.3, -0.25) is 4.79 Å². The van der Waals surface area contributed by atoms with Crippen molar-refractivity contribution in [1.29, 1.82) is 0 Å². The number of sulfonamides is 1. The molecule has 0 atom stereocenters. The standard InChI is InChI=1S/C18H20N6O3S/c1-13-10-17(24-18(21-13)19-12-20-24)22-6-8-23(9-7-22)28(26,27)16-5-3-4-15(11-16)14(2)25/h3-5,10-12H,6-9H2,1-2H3. The van der Waals surface area contributed by atoms with Gasteiger partial charge in [0.15, 0.2) is 5.78 Å². The van der Waals surface area contributed by atoms with Gasteiger partial charge in [-0.2, -0.15) is 18.9 Å². The van der Waals surface area contributed by atoms with E-state index in [0.717, 1.165) is 11.5 Å². The molecule has 0 amide bonds. The Morgan fingerprint density at radius 1 is 1.11 bits per heavy atom. The summed E-state index contributed by atoms with van der Waals surface area (Å²) in [6.07, 6.45) is 1.45. The number of fused-ring (bicyclic) bond motifs is 1. The summed E-state index contributed by atoms with van der Waals surface area (Å²) >= 11 is 0. The molecule has 0 bridgehead atoms. The number of Topliss-reactive ketones (excluding diaryl/α,β-unsaturated/α-hetero) is 1. The number of hydrogen-bond acceptors (Lipinski definition) is 7. The Hall–Kier alpha value is -2.85. The van der Waals surface area contributed by atoms with Gasteiger partial charge in [-0.25, -0.2) is 13.4 Å². The Bertz CT molecular complexity index is 1150. The fraction of sp³-hybridized carbons (Fsp3) is 0.333. The zero-order chi connectivity index (χ0) is 19.9. The minimum Gasteiger partial charge on any atom is -0.354 e. The van der Waals surface area contributed by atoms with E-state index in [4.69, 9.17) is 0 Å². The number of ketones is 1. The van der Waals surface area contributed by atoms with Crippen LogP contribution in [-0.2, 0) is 10.0 Å². The molecule has 28 heavy (non-hydrogen) atoms. The number of aryl methyl sites for hydroxylation is 1. The lowest BCUT2D eigenvalue weighted by Crippen LogP contribution is -2.49. The van der Waals surface area contributed by atoms with Crippen molar-refractivity contribution in [2.75, 3.05) is 31.1 Å². The second-order valence-electron chi connectivity index (χ2n) is 6.70. The number of aromatic nitrogens is 4. The van der Waals surface area contributed by atoms with Crippen LogP contribution in [0.4, 0.5) is 5.82 Å². The molecular weight excluding hydrogens is 380 g/mol. The lowest BCUT2D eigenvalue weighted by Gasteiger charge is -2.35. The highest BCUT2D eigenvalue weighted by Crippen LogP contribution is 2.22. The first-order valence-electron chi connectivity index (χ1n) is 8.90. The zero-order valence-corrected chi connectivity index (χ0v) is 16.4. The van der Waals surface area contributed by atoms with Gasteiger partial charge in [0.1, 0.15) is 12.1 Å². The van der Waals surface area contributed by atoms with E-state index in [9.17, 15) is 13.2 Å². The summed E-state index contributed by atoms with van der Waals surface area (Å²) in [5.74, 6) is 1.20. The molecule has 1 aromatic carbocycles. The van der Waals surface area contributed by atoms with Gasteiger partial charge in [-0.1, -0.05) is 12.1 Å². The third-order valence-corrected chi connectivity index (χ3v) is 6.70. The summed E-state index contributed by atoms with van der Waals surface area (Å²) in [5, 5.41) is 4.21. The van der Waals surface area contributed by atoms with E-state index in [1.165, 1.54) is 29.7 Å². The van der Waals surface area contributed by atoms with Crippen LogP contribution in [0.15, 0.2) is 41.6 Å². The highest BCUT2D eigenvalue weighted by molar-refractivity contribution is 7.89. The third kappa shape index (κ3) is 3.25. The smallest absolute Gasteiger partial charge is 0.254 e. The molecule has 0 unspecified atom stereocenters. The summed E-state index contributed by atoms with van der Waals surface area (Å²) in [5.41, 5.74) is 1.21. The van der Waals surface area contributed by atoms with Crippen molar-refractivity contribution in [3.8, 4) is 0 Å². The molecule has 0 N–H and O–H groups in total. The van der Waals surface area contributed by atoms with Crippen LogP contribution in [0.25, 0.3) is 5.78 Å². The van der Waals surface area contributed by atoms with Gasteiger partial charge >= 0.3 is 0 Å². The third-order valence-electron chi connectivity index (χ3n) is 4.80. The van der Waals surface area contributed by atoms with Gasteiger partial charge in [0.2, 0.25) is 10.0 Å². The van der Waals surface area contributed by atoms with Gasteiger partial charge in [-0.05, 0) is 26.0 Å². The molecule has 3 aromatic rings. The summed E-state index contributed by atoms with van der Waals surface area (Å²) < 4.78 is 29.1. The van der Waals surface area contributed by atoms with Crippen LogP contribution in [0.5, 0.6) is 0 Å². The Morgan fingerprint density at radius 2 is 1.86 bits per heavy atom. The number of anilines is 1. The molecule has 2 aromatic heterocycles. The number of carbonyl (C=O) groups is 1. The molecule has 0 saturated carbocycles. The number of rotatable bonds is 4. The SMILES string of the molecule is CC(=O)c1cccc(S(=O)(=O)N2CCN(c3cc(C)nc4ncnn34)CC2)c1. The van der Waals surface area contributed by atoms with Crippen molar-refractivity contribution in [3.05, 3.63) is 47.9 Å². The highest BCUT2D eigenvalue weighted by Gasteiger charge is 2.29. The molecule has 3 heterocycles. The Morgan fingerprint density at radius 3 is 2.57 bits per heavy atom. The summed E-state index contributed by atoms with van der Waals surface area (Å²) in [7, 11) is -3.66. The average Bonchev–Trinajstić information content (AvgIpc) is 3.16. The monoisotopic (exact) mass is 400 g/mol. The van der Waals surface area contributed by atoms with E-state index in [-0.39, 0.29) is 10.7 Å². The molecule has 9 nitrogen and oxygen atoms in total. The largest absolute Gasteiger partial charge is 0.354 e. The first kappa shape index (κ1) is 18.5. The molecule has 4 rings (SSSR count). The minimum absolute atomic E-state index is 0.145. The normalized spacial score (nSPS) is 15.9. The lowest BCUT2D eigenvalue weighted by atomic mass is 10.2. The summed E-state index contributed by atoms with van der Waals surface area (Å²) in [4.78, 5) is 22.3. The minimum atomic E-state index is -3.66. The molecule has 146 valence electrons. The fourth-order valence-corrected chi connectivity index (χ4v) is 4.79. The lowest BCUT2D eigenvalue weighted by molar-refractivity contribution is 0.101. The topological polar surface area (TPSA) is 101 Å². The second-order valence-corrected chi connectivity index (χ2v) is 8.64. The van der Waals surface area contributed by atoms with Crippen LogP contribution in [0, 0.1) is 6.92 Å². The quantitative estimate of drug-likeness (QED) is 0.606. The Kier molecular flexibility index (Phi) is 4.60. The van der Waals surface area contributed by atoms with Crippen molar-refractivity contribution in [3.63, 3.8) is 0 Å². The highest BCUT2D eigenvalue weighted by atomic mass is 32.2. The van der Waals surface area contributed by atoms with Crippen LogP contribution >= 0.6 is 0 Å². The number of benzene rings is 1. The predicted octanol–water partition coefficient (Wildman–Crippen LogP) is 1.15. The Labute approximate surface area is 162 Å². The maximum Gasteiger partial charge on any atom is 0.254 e. The molecule has 1 saturated heterocycles. The van der Waals surface area contributed by atoms with E-state index in [1.54, 1.807) is 16.6 Å². The van der Waals surface area contributed by atoms with E-state index >= 15 is 0 Å². The molecule has 0 spiro atoms. The van der Waals surface area contributed by atoms with Crippen molar-refractivity contribution >= 4 is 27.4 Å².